The van der Waals surface area contributed by atoms with Gasteiger partial charge in [-0.3, -0.25) is 0 Å². The van der Waals surface area contributed by atoms with E-state index < -0.39 is 13.3 Å². The molecule has 1 heterocycles. The van der Waals surface area contributed by atoms with E-state index in [-0.39, 0.29) is 25.4 Å². The molecule has 1 aliphatic heterocycles. The molecule has 6 heteroatoms. The zero-order valence-corrected chi connectivity index (χ0v) is 9.89. The van der Waals surface area contributed by atoms with E-state index in [1.807, 2.05) is 13.8 Å². The third-order valence-corrected chi connectivity index (χ3v) is 2.23. The summed E-state index contributed by atoms with van der Waals surface area (Å²) >= 11 is 0. The number of esters is 1. The lowest BCUT2D eigenvalue weighted by molar-refractivity contribution is -0.139. The van der Waals surface area contributed by atoms with Crippen LogP contribution in [0.3, 0.4) is 0 Å². The summed E-state index contributed by atoms with van der Waals surface area (Å²) in [5.74, 6) is -0.418. The fourth-order valence-corrected chi connectivity index (χ4v) is 1.08. The van der Waals surface area contributed by atoms with Crippen LogP contribution in [0.1, 0.15) is 20.8 Å². The highest BCUT2D eigenvalue weighted by Crippen LogP contribution is 2.15. The van der Waals surface area contributed by atoms with E-state index in [1.165, 1.54) is 0 Å². The Bertz CT molecular complexity index is 258. The first-order valence-corrected chi connectivity index (χ1v) is 5.26. The third-order valence-electron chi connectivity index (χ3n) is 2.23. The standard InChI is InChI=1S/C10H17BO5/c1-7(2)10(12)13-5-6-14-11-15-8(3)9(4)16-11/h8-9H,1,5-6H2,2-4H3. The predicted molar refractivity (Wildman–Crippen MR) is 58.6 cm³/mol. The van der Waals surface area contributed by atoms with E-state index in [2.05, 4.69) is 6.58 Å². The molecule has 0 spiro atoms. The first kappa shape index (κ1) is 13.2. The maximum atomic E-state index is 11.0. The van der Waals surface area contributed by atoms with Crippen LogP contribution in [-0.2, 0) is 23.5 Å². The summed E-state index contributed by atoms with van der Waals surface area (Å²) < 4.78 is 20.7. The van der Waals surface area contributed by atoms with Gasteiger partial charge in [-0.25, -0.2) is 4.79 Å². The molecule has 1 aliphatic rings. The van der Waals surface area contributed by atoms with Crippen LogP contribution in [0.5, 0.6) is 0 Å². The minimum absolute atomic E-state index is 0.0166. The Kier molecular flexibility index (Phi) is 4.98. The van der Waals surface area contributed by atoms with E-state index in [0.717, 1.165) is 0 Å². The van der Waals surface area contributed by atoms with Gasteiger partial charge in [0.2, 0.25) is 0 Å². The molecule has 16 heavy (non-hydrogen) atoms. The van der Waals surface area contributed by atoms with Crippen molar-refractivity contribution >= 4 is 13.3 Å². The van der Waals surface area contributed by atoms with Crippen molar-refractivity contribution in [3.8, 4) is 0 Å². The van der Waals surface area contributed by atoms with Gasteiger partial charge in [-0.05, 0) is 20.8 Å². The Labute approximate surface area is 95.9 Å². The summed E-state index contributed by atoms with van der Waals surface area (Å²) in [6, 6.07) is 0. The minimum Gasteiger partial charge on any atom is -0.460 e. The Hall–Kier alpha value is -0.845. The number of carbonyl (C=O) groups excluding carboxylic acids is 1. The van der Waals surface area contributed by atoms with Crippen LogP contribution in [0.2, 0.25) is 0 Å². The molecule has 0 aromatic carbocycles. The van der Waals surface area contributed by atoms with Crippen LogP contribution in [0.25, 0.3) is 0 Å². The maximum absolute atomic E-state index is 11.0. The number of hydrogen-bond donors (Lipinski definition) is 0. The van der Waals surface area contributed by atoms with Crippen molar-refractivity contribution in [3.63, 3.8) is 0 Å². The molecule has 0 N–H and O–H groups in total. The lowest BCUT2D eigenvalue weighted by atomic mass is 10.2. The van der Waals surface area contributed by atoms with E-state index in [9.17, 15) is 4.79 Å². The first-order chi connectivity index (χ1) is 7.50. The van der Waals surface area contributed by atoms with Crippen molar-refractivity contribution in [2.45, 2.75) is 33.0 Å². The van der Waals surface area contributed by atoms with Gasteiger partial charge in [-0.15, -0.1) is 0 Å². The number of hydrogen-bond acceptors (Lipinski definition) is 5. The van der Waals surface area contributed by atoms with Gasteiger partial charge >= 0.3 is 13.3 Å². The smallest absolute Gasteiger partial charge is 0.460 e. The second kappa shape index (κ2) is 6.03. The predicted octanol–water partition coefficient (Wildman–Crippen LogP) is 0.931. The lowest BCUT2D eigenvalue weighted by Crippen LogP contribution is -2.23. The second-order valence-corrected chi connectivity index (χ2v) is 3.76. The lowest BCUT2D eigenvalue weighted by Gasteiger charge is -2.07. The summed E-state index contributed by atoms with van der Waals surface area (Å²) in [5, 5.41) is 0. The van der Waals surface area contributed by atoms with E-state index in [0.29, 0.717) is 5.57 Å². The molecule has 0 aliphatic carbocycles. The van der Waals surface area contributed by atoms with Gasteiger partial charge in [0, 0.05) is 5.57 Å². The summed E-state index contributed by atoms with van der Waals surface area (Å²) in [4.78, 5) is 11.0. The summed E-state index contributed by atoms with van der Waals surface area (Å²) in [6.45, 7) is 9.29. The average Bonchev–Trinajstić information content (AvgIpc) is 2.53. The quantitative estimate of drug-likeness (QED) is 0.303. The highest BCUT2D eigenvalue weighted by atomic mass is 16.8. The molecule has 0 saturated carbocycles. The zero-order valence-electron chi connectivity index (χ0n) is 9.89. The van der Waals surface area contributed by atoms with Gasteiger partial charge in [0.05, 0.1) is 18.8 Å². The number of carbonyl (C=O) groups is 1. The molecule has 2 unspecified atom stereocenters. The molecule has 0 bridgehead atoms. The molecular weight excluding hydrogens is 211 g/mol. The van der Waals surface area contributed by atoms with Gasteiger partial charge < -0.3 is 18.7 Å². The molecule has 0 amide bonds. The van der Waals surface area contributed by atoms with Crippen molar-refractivity contribution in [1.29, 1.82) is 0 Å². The van der Waals surface area contributed by atoms with E-state index in [1.54, 1.807) is 6.92 Å². The van der Waals surface area contributed by atoms with Crippen molar-refractivity contribution < 1.29 is 23.5 Å². The molecule has 1 saturated heterocycles. The van der Waals surface area contributed by atoms with Crippen LogP contribution in [0.15, 0.2) is 12.2 Å². The Morgan fingerprint density at radius 2 is 1.88 bits per heavy atom. The van der Waals surface area contributed by atoms with Crippen molar-refractivity contribution in [3.05, 3.63) is 12.2 Å². The molecule has 1 fully saturated rings. The molecule has 2 atom stereocenters. The minimum atomic E-state index is -0.659. The highest BCUT2D eigenvalue weighted by Gasteiger charge is 2.36. The number of ether oxygens (including phenoxy) is 1. The van der Waals surface area contributed by atoms with Crippen molar-refractivity contribution in [1.82, 2.24) is 0 Å². The summed E-state index contributed by atoms with van der Waals surface area (Å²) in [7, 11) is -0.659. The molecule has 0 aromatic rings. The molecule has 0 radical (unpaired) electrons. The van der Waals surface area contributed by atoms with Gasteiger partial charge in [-0.2, -0.15) is 0 Å². The summed E-state index contributed by atoms with van der Waals surface area (Å²) in [6.07, 6.45) is 0.0333. The average molecular weight is 228 g/mol. The second-order valence-electron chi connectivity index (χ2n) is 3.76. The van der Waals surface area contributed by atoms with Crippen LogP contribution in [-0.4, -0.2) is 38.7 Å². The molecular formula is C10H17BO5. The zero-order chi connectivity index (χ0) is 12.1. The molecule has 90 valence electrons. The SMILES string of the molecule is C=C(C)C(=O)OCCOB1OC(C)C(C)O1. The number of rotatable bonds is 5. The maximum Gasteiger partial charge on any atom is 0.640 e. The van der Waals surface area contributed by atoms with Crippen LogP contribution in [0, 0.1) is 0 Å². The largest absolute Gasteiger partial charge is 0.640 e. The van der Waals surface area contributed by atoms with Crippen molar-refractivity contribution in [2.24, 2.45) is 0 Å². The third kappa shape index (κ3) is 3.96. The topological polar surface area (TPSA) is 54.0 Å². The van der Waals surface area contributed by atoms with Crippen LogP contribution < -0.4 is 0 Å². The Balaban J connectivity index is 2.08. The molecule has 5 nitrogen and oxygen atoms in total. The van der Waals surface area contributed by atoms with Gasteiger partial charge in [0.1, 0.15) is 6.61 Å². The summed E-state index contributed by atoms with van der Waals surface area (Å²) in [5.41, 5.74) is 0.371. The van der Waals surface area contributed by atoms with Crippen LogP contribution in [0.4, 0.5) is 0 Å². The fraction of sp³-hybridized carbons (Fsp3) is 0.700. The molecule has 1 rings (SSSR count). The normalized spacial score (nSPS) is 24.6. The van der Waals surface area contributed by atoms with Gasteiger partial charge in [-0.1, -0.05) is 6.58 Å². The monoisotopic (exact) mass is 228 g/mol. The first-order valence-electron chi connectivity index (χ1n) is 5.26. The van der Waals surface area contributed by atoms with Gasteiger partial charge in [0.25, 0.3) is 0 Å². The van der Waals surface area contributed by atoms with E-state index >= 15 is 0 Å². The van der Waals surface area contributed by atoms with Crippen LogP contribution >= 0.6 is 0 Å². The highest BCUT2D eigenvalue weighted by molar-refractivity contribution is 6.37. The Morgan fingerprint density at radius 3 is 2.38 bits per heavy atom. The Morgan fingerprint density at radius 1 is 1.31 bits per heavy atom. The van der Waals surface area contributed by atoms with Crippen molar-refractivity contribution in [2.75, 3.05) is 13.2 Å². The molecule has 0 aromatic heterocycles. The fourth-order valence-electron chi connectivity index (χ4n) is 1.08. The van der Waals surface area contributed by atoms with E-state index in [4.69, 9.17) is 18.7 Å². The van der Waals surface area contributed by atoms with Gasteiger partial charge in [0.15, 0.2) is 0 Å².